The zero-order valence-electron chi connectivity index (χ0n) is 5.40. The lowest BCUT2D eigenvalue weighted by Crippen LogP contribution is -1.98. The lowest BCUT2D eigenvalue weighted by atomic mass is 10.5. The fraction of sp³-hybridized carbons (Fsp3) is 1.00. The van der Waals surface area contributed by atoms with E-state index >= 15 is 0 Å². The van der Waals surface area contributed by atoms with E-state index in [-0.39, 0.29) is 0 Å². The van der Waals surface area contributed by atoms with E-state index in [0.29, 0.717) is 0 Å². The van der Waals surface area contributed by atoms with Gasteiger partial charge in [0.15, 0.2) is 0 Å². The van der Waals surface area contributed by atoms with Crippen LogP contribution in [0.4, 0.5) is 0 Å². The number of hydrogen-bond donors (Lipinski definition) is 0. The van der Waals surface area contributed by atoms with E-state index in [9.17, 15) is 0 Å². The van der Waals surface area contributed by atoms with Gasteiger partial charge in [-0.1, -0.05) is 6.92 Å². The summed E-state index contributed by atoms with van der Waals surface area (Å²) in [5.74, 6) is 0. The molecule has 0 fully saturated rings. The molecule has 44 valence electrons. The van der Waals surface area contributed by atoms with E-state index in [0.717, 1.165) is 18.8 Å². The fourth-order valence-corrected chi connectivity index (χ4v) is 0.589. The van der Waals surface area contributed by atoms with Gasteiger partial charge in [0.05, 0.1) is 0 Å². The Bertz CT molecular complexity index is 37.1. The van der Waals surface area contributed by atoms with Gasteiger partial charge in [-0.25, -0.2) is 0 Å². The molecule has 0 aromatic heterocycles. The van der Waals surface area contributed by atoms with Crippen LogP contribution in [0.2, 0.25) is 5.54 Å². The first-order valence-electron chi connectivity index (χ1n) is 2.85. The van der Waals surface area contributed by atoms with Crippen LogP contribution in [0.1, 0.15) is 13.8 Å². The Morgan fingerprint density at radius 1 is 1.71 bits per heavy atom. The second-order valence-electron chi connectivity index (χ2n) is 2.05. The third-order valence-electron chi connectivity index (χ3n) is 0.655. The van der Waals surface area contributed by atoms with Crippen LogP contribution in [-0.2, 0) is 4.74 Å². The molecule has 0 aliphatic rings. The first-order valence-corrected chi connectivity index (χ1v) is 4.00. The van der Waals surface area contributed by atoms with Crippen molar-refractivity contribution in [3.8, 4) is 0 Å². The predicted octanol–water partition coefficient (Wildman–Crippen LogP) is 0.197. The second kappa shape index (κ2) is 4.34. The number of rotatable bonds is 3. The number of hydrogen-bond acceptors (Lipinski definition) is 1. The van der Waals surface area contributed by atoms with E-state index in [2.05, 4.69) is 6.92 Å². The van der Waals surface area contributed by atoms with Crippen LogP contribution in [0.15, 0.2) is 0 Å². The van der Waals surface area contributed by atoms with Crippen molar-refractivity contribution < 1.29 is 4.74 Å². The van der Waals surface area contributed by atoms with Gasteiger partial charge in [0.1, 0.15) is 0 Å². The van der Waals surface area contributed by atoms with Crippen LogP contribution in [0.5, 0.6) is 0 Å². The van der Waals surface area contributed by atoms with Crippen LogP contribution in [-0.4, -0.2) is 23.5 Å². The molecular weight excluding hydrogens is 104 g/mol. The highest BCUT2D eigenvalue weighted by atomic mass is 28.1. The highest BCUT2D eigenvalue weighted by Crippen LogP contribution is 1.93. The smallest absolute Gasteiger partial charge is 0.0459 e. The standard InChI is InChI=1S/C5H14OSi/c1-3-6-4-5(2)7/h5H,3-4H2,1-2,7H3. The van der Waals surface area contributed by atoms with Crippen molar-refractivity contribution in [2.45, 2.75) is 19.4 Å². The van der Waals surface area contributed by atoms with Gasteiger partial charge in [0.25, 0.3) is 0 Å². The Kier molecular flexibility index (Phi) is 4.45. The lowest BCUT2D eigenvalue weighted by Gasteiger charge is -2.01. The van der Waals surface area contributed by atoms with Crippen molar-refractivity contribution in [2.75, 3.05) is 13.2 Å². The van der Waals surface area contributed by atoms with Crippen LogP contribution < -0.4 is 0 Å². The summed E-state index contributed by atoms with van der Waals surface area (Å²) < 4.78 is 5.13. The van der Waals surface area contributed by atoms with Gasteiger partial charge < -0.3 is 4.74 Å². The van der Waals surface area contributed by atoms with Crippen LogP contribution in [0.25, 0.3) is 0 Å². The van der Waals surface area contributed by atoms with Crippen LogP contribution >= 0.6 is 0 Å². The summed E-state index contributed by atoms with van der Waals surface area (Å²) >= 11 is 0. The minimum atomic E-state index is 0.819. The Morgan fingerprint density at radius 3 is 2.43 bits per heavy atom. The van der Waals surface area contributed by atoms with E-state index in [1.807, 2.05) is 6.92 Å². The van der Waals surface area contributed by atoms with Crippen LogP contribution in [0.3, 0.4) is 0 Å². The average Bonchev–Trinajstić information content (AvgIpc) is 1.61. The molecule has 0 aromatic rings. The molecule has 0 aromatic carbocycles. The summed E-state index contributed by atoms with van der Waals surface area (Å²) in [6, 6.07) is 0. The van der Waals surface area contributed by atoms with Gasteiger partial charge in [-0.05, 0) is 12.5 Å². The Morgan fingerprint density at radius 2 is 2.29 bits per heavy atom. The summed E-state index contributed by atoms with van der Waals surface area (Å²) in [5, 5.41) is 0. The monoisotopic (exact) mass is 118 g/mol. The molecule has 0 radical (unpaired) electrons. The molecule has 0 aliphatic carbocycles. The molecule has 1 nitrogen and oxygen atoms in total. The highest BCUT2D eigenvalue weighted by molar-refractivity contribution is 6.11. The van der Waals surface area contributed by atoms with Crippen molar-refractivity contribution in [1.29, 1.82) is 0 Å². The maximum absolute atomic E-state index is 5.13. The minimum absolute atomic E-state index is 0.819. The van der Waals surface area contributed by atoms with E-state index in [4.69, 9.17) is 4.74 Å². The molecular formula is C5H14OSi. The Balaban J connectivity index is 2.68. The lowest BCUT2D eigenvalue weighted by molar-refractivity contribution is 0.149. The molecule has 0 spiro atoms. The summed E-state index contributed by atoms with van der Waals surface area (Å²) in [6.07, 6.45) is 0. The predicted molar refractivity (Wildman–Crippen MR) is 35.9 cm³/mol. The molecule has 0 rings (SSSR count). The van der Waals surface area contributed by atoms with Crippen molar-refractivity contribution in [2.24, 2.45) is 0 Å². The van der Waals surface area contributed by atoms with Gasteiger partial charge in [-0.2, -0.15) is 0 Å². The third kappa shape index (κ3) is 6.18. The SMILES string of the molecule is CCOCC(C)[SiH3]. The summed E-state index contributed by atoms with van der Waals surface area (Å²) in [7, 11) is 1.26. The molecule has 0 aliphatic heterocycles. The maximum Gasteiger partial charge on any atom is 0.0459 e. The molecule has 2 heteroatoms. The Labute approximate surface area is 48.5 Å². The number of ether oxygens (including phenoxy) is 1. The zero-order chi connectivity index (χ0) is 5.70. The topological polar surface area (TPSA) is 9.23 Å². The van der Waals surface area contributed by atoms with Crippen molar-refractivity contribution in [3.05, 3.63) is 0 Å². The van der Waals surface area contributed by atoms with Crippen LogP contribution in [0, 0.1) is 0 Å². The van der Waals surface area contributed by atoms with Gasteiger partial charge in [0, 0.05) is 23.5 Å². The van der Waals surface area contributed by atoms with E-state index in [1.54, 1.807) is 0 Å². The van der Waals surface area contributed by atoms with Gasteiger partial charge in [0.2, 0.25) is 0 Å². The molecule has 0 N–H and O–H groups in total. The Hall–Kier alpha value is 0.177. The molecule has 0 amide bonds. The van der Waals surface area contributed by atoms with Gasteiger partial charge in [-0.3, -0.25) is 0 Å². The normalized spacial score (nSPS) is 14.6. The van der Waals surface area contributed by atoms with E-state index in [1.165, 1.54) is 10.2 Å². The fourth-order valence-electron chi connectivity index (χ4n) is 0.354. The average molecular weight is 118 g/mol. The van der Waals surface area contributed by atoms with E-state index < -0.39 is 0 Å². The minimum Gasteiger partial charge on any atom is -0.382 e. The molecule has 1 atom stereocenters. The molecule has 0 bridgehead atoms. The molecule has 0 heterocycles. The van der Waals surface area contributed by atoms with Crippen molar-refractivity contribution in [3.63, 3.8) is 0 Å². The molecule has 0 saturated carbocycles. The maximum atomic E-state index is 5.13. The highest BCUT2D eigenvalue weighted by Gasteiger charge is 1.88. The molecule has 0 saturated heterocycles. The van der Waals surface area contributed by atoms with Gasteiger partial charge >= 0.3 is 0 Å². The summed E-state index contributed by atoms with van der Waals surface area (Å²) in [5.41, 5.74) is 0.819. The second-order valence-corrected chi connectivity index (χ2v) is 4.02. The molecule has 1 unspecified atom stereocenters. The van der Waals surface area contributed by atoms with Crippen molar-refractivity contribution in [1.82, 2.24) is 0 Å². The zero-order valence-corrected chi connectivity index (χ0v) is 7.40. The largest absolute Gasteiger partial charge is 0.382 e. The summed E-state index contributed by atoms with van der Waals surface area (Å²) in [6.45, 7) is 6.07. The van der Waals surface area contributed by atoms with Gasteiger partial charge in [-0.15, -0.1) is 0 Å². The quantitative estimate of drug-likeness (QED) is 0.481. The van der Waals surface area contributed by atoms with Crippen molar-refractivity contribution >= 4 is 10.2 Å². The molecule has 7 heavy (non-hydrogen) atoms. The first kappa shape index (κ1) is 7.18. The third-order valence-corrected chi connectivity index (χ3v) is 0.989. The summed E-state index contributed by atoms with van der Waals surface area (Å²) in [4.78, 5) is 0. The first-order chi connectivity index (χ1) is 3.27.